The van der Waals surface area contributed by atoms with Crippen molar-refractivity contribution in [3.05, 3.63) is 12.4 Å². The molecule has 0 aliphatic rings. The summed E-state index contributed by atoms with van der Waals surface area (Å²) in [6.07, 6.45) is 1.51. The minimum atomic E-state index is -0.833. The summed E-state index contributed by atoms with van der Waals surface area (Å²) in [6.45, 7) is 9.01. The molecule has 0 aromatic carbocycles. The quantitative estimate of drug-likeness (QED) is 0.731. The van der Waals surface area contributed by atoms with E-state index < -0.39 is 5.97 Å². The largest absolute Gasteiger partial charge is 0.481 e. The second-order valence-corrected chi connectivity index (χ2v) is 5.85. The number of hydrogen-bond acceptors (Lipinski definition) is 5. The molecule has 0 saturated heterocycles. The third-order valence-corrected chi connectivity index (χ3v) is 2.34. The molecule has 0 bridgehead atoms. The fourth-order valence-electron chi connectivity index (χ4n) is 1.45. The highest BCUT2D eigenvalue weighted by Crippen LogP contribution is 2.16. The smallest absolute Gasteiger partial charge is 0.305 e. The Labute approximate surface area is 113 Å². The number of nitrogens with zero attached hydrogens (tertiary/aromatic N) is 2. The predicted molar refractivity (Wildman–Crippen MR) is 75.3 cm³/mol. The van der Waals surface area contributed by atoms with Crippen molar-refractivity contribution in [2.45, 2.75) is 40.2 Å². The van der Waals surface area contributed by atoms with Crippen LogP contribution in [-0.4, -0.2) is 33.6 Å². The van der Waals surface area contributed by atoms with Gasteiger partial charge in [0, 0.05) is 18.7 Å². The van der Waals surface area contributed by atoms with Gasteiger partial charge in [0.25, 0.3) is 0 Å². The molecule has 3 N–H and O–H groups in total. The summed E-state index contributed by atoms with van der Waals surface area (Å²) in [7, 11) is 0. The van der Waals surface area contributed by atoms with Crippen molar-refractivity contribution in [1.82, 2.24) is 9.97 Å². The summed E-state index contributed by atoms with van der Waals surface area (Å²) >= 11 is 0. The highest BCUT2D eigenvalue weighted by atomic mass is 16.4. The molecule has 6 heteroatoms. The molecule has 6 nitrogen and oxygen atoms in total. The number of carbonyl (C=O) groups is 1. The number of carboxylic acids is 1. The average molecular weight is 266 g/mol. The van der Waals surface area contributed by atoms with Crippen molar-refractivity contribution in [3.8, 4) is 0 Å². The van der Waals surface area contributed by atoms with E-state index in [1.165, 1.54) is 6.33 Å². The van der Waals surface area contributed by atoms with Crippen LogP contribution in [0.2, 0.25) is 0 Å². The van der Waals surface area contributed by atoms with Crippen LogP contribution in [0.1, 0.15) is 34.1 Å². The third kappa shape index (κ3) is 6.59. The van der Waals surface area contributed by atoms with E-state index in [2.05, 4.69) is 41.4 Å². The van der Waals surface area contributed by atoms with Gasteiger partial charge in [0.1, 0.15) is 18.0 Å². The molecule has 0 aliphatic carbocycles. The minimum absolute atomic E-state index is 0.0504. The van der Waals surface area contributed by atoms with Gasteiger partial charge in [-0.1, -0.05) is 20.8 Å². The molecular weight excluding hydrogens is 244 g/mol. The molecule has 1 unspecified atom stereocenters. The topological polar surface area (TPSA) is 87.1 Å². The molecule has 0 radical (unpaired) electrons. The maximum Gasteiger partial charge on any atom is 0.305 e. The normalized spacial score (nSPS) is 12.8. The Balaban J connectivity index is 2.59. The minimum Gasteiger partial charge on any atom is -0.481 e. The lowest BCUT2D eigenvalue weighted by atomic mass is 9.97. The molecule has 0 spiro atoms. The summed E-state index contributed by atoms with van der Waals surface area (Å²) in [5, 5.41) is 15.0. The fraction of sp³-hybridized carbons (Fsp3) is 0.615. The van der Waals surface area contributed by atoms with Gasteiger partial charge in [0.05, 0.1) is 6.42 Å². The number of rotatable bonds is 6. The lowest BCUT2D eigenvalue weighted by Gasteiger charge is -2.19. The highest BCUT2D eigenvalue weighted by molar-refractivity contribution is 5.68. The molecule has 1 atom stereocenters. The van der Waals surface area contributed by atoms with Crippen molar-refractivity contribution < 1.29 is 9.90 Å². The van der Waals surface area contributed by atoms with Crippen LogP contribution in [0.4, 0.5) is 11.6 Å². The third-order valence-electron chi connectivity index (χ3n) is 2.34. The number of aromatic nitrogens is 2. The van der Waals surface area contributed by atoms with Gasteiger partial charge in [-0.25, -0.2) is 9.97 Å². The van der Waals surface area contributed by atoms with E-state index in [0.29, 0.717) is 5.82 Å². The first kappa shape index (κ1) is 15.2. The van der Waals surface area contributed by atoms with Crippen molar-refractivity contribution in [2.75, 3.05) is 17.2 Å². The van der Waals surface area contributed by atoms with E-state index in [-0.39, 0.29) is 17.9 Å². The van der Waals surface area contributed by atoms with Gasteiger partial charge in [0.15, 0.2) is 0 Å². The van der Waals surface area contributed by atoms with Crippen LogP contribution in [-0.2, 0) is 4.79 Å². The van der Waals surface area contributed by atoms with Crippen molar-refractivity contribution >= 4 is 17.6 Å². The fourth-order valence-corrected chi connectivity index (χ4v) is 1.45. The zero-order chi connectivity index (χ0) is 14.5. The summed E-state index contributed by atoms with van der Waals surface area (Å²) < 4.78 is 0. The Kier molecular flexibility index (Phi) is 5.09. The molecule has 0 aliphatic heterocycles. The molecule has 106 valence electrons. The molecular formula is C13H22N4O2. The maximum absolute atomic E-state index is 10.6. The first-order valence-electron chi connectivity index (χ1n) is 6.30. The monoisotopic (exact) mass is 266 g/mol. The van der Waals surface area contributed by atoms with Gasteiger partial charge in [-0.15, -0.1) is 0 Å². The lowest BCUT2D eigenvalue weighted by molar-refractivity contribution is -0.137. The number of carboxylic acid groups (broad SMARTS) is 1. The number of aliphatic carboxylic acids is 1. The maximum atomic E-state index is 10.6. The molecule has 1 aromatic heterocycles. The molecule has 1 rings (SSSR count). The molecule has 1 heterocycles. The summed E-state index contributed by atoms with van der Waals surface area (Å²) in [5.41, 5.74) is 0.162. The van der Waals surface area contributed by atoms with Gasteiger partial charge in [-0.05, 0) is 12.3 Å². The van der Waals surface area contributed by atoms with E-state index in [9.17, 15) is 4.79 Å². The summed E-state index contributed by atoms with van der Waals surface area (Å²) in [5.74, 6) is 0.523. The van der Waals surface area contributed by atoms with Crippen LogP contribution in [0.3, 0.4) is 0 Å². The van der Waals surface area contributed by atoms with Crippen molar-refractivity contribution in [1.29, 1.82) is 0 Å². The number of hydrogen-bond donors (Lipinski definition) is 3. The van der Waals surface area contributed by atoms with Gasteiger partial charge in [-0.3, -0.25) is 4.79 Å². The predicted octanol–water partition coefficient (Wildman–Crippen LogP) is 2.21. The Morgan fingerprint density at radius 1 is 1.37 bits per heavy atom. The average Bonchev–Trinajstić information content (AvgIpc) is 2.24. The second kappa shape index (κ2) is 6.36. The Morgan fingerprint density at radius 3 is 2.58 bits per heavy atom. The standard InChI is InChI=1S/C13H22N4O2/c1-9(5-12(18)19)17-11-6-10(15-8-16-11)14-7-13(2,3)4/h6,8-9H,5,7H2,1-4H3,(H,18,19)(H2,14,15,16,17). The van der Waals surface area contributed by atoms with Gasteiger partial charge >= 0.3 is 5.97 Å². The molecule has 0 amide bonds. The van der Waals surface area contributed by atoms with Gasteiger partial charge in [0.2, 0.25) is 0 Å². The van der Waals surface area contributed by atoms with Crippen LogP contribution in [0.15, 0.2) is 12.4 Å². The SMILES string of the molecule is CC(CC(=O)O)Nc1cc(NCC(C)(C)C)ncn1. The van der Waals surface area contributed by atoms with E-state index >= 15 is 0 Å². The number of anilines is 2. The van der Waals surface area contributed by atoms with Crippen LogP contribution in [0, 0.1) is 5.41 Å². The van der Waals surface area contributed by atoms with Gasteiger partial charge < -0.3 is 15.7 Å². The zero-order valence-corrected chi connectivity index (χ0v) is 11.9. The summed E-state index contributed by atoms with van der Waals surface area (Å²) in [4.78, 5) is 18.8. The van der Waals surface area contributed by atoms with E-state index in [4.69, 9.17) is 5.11 Å². The second-order valence-electron chi connectivity index (χ2n) is 5.85. The number of nitrogens with one attached hydrogen (secondary N) is 2. The van der Waals surface area contributed by atoms with E-state index in [1.54, 1.807) is 13.0 Å². The Hall–Kier alpha value is -1.85. The summed E-state index contributed by atoms with van der Waals surface area (Å²) in [6, 6.07) is 1.60. The van der Waals surface area contributed by atoms with Crippen LogP contribution >= 0.6 is 0 Å². The van der Waals surface area contributed by atoms with Crippen LogP contribution in [0.5, 0.6) is 0 Å². The van der Waals surface area contributed by atoms with Crippen LogP contribution < -0.4 is 10.6 Å². The molecule has 0 fully saturated rings. The lowest BCUT2D eigenvalue weighted by Crippen LogP contribution is -2.21. The molecule has 19 heavy (non-hydrogen) atoms. The molecule has 1 aromatic rings. The molecule has 0 saturated carbocycles. The van der Waals surface area contributed by atoms with Crippen LogP contribution in [0.25, 0.3) is 0 Å². The van der Waals surface area contributed by atoms with Gasteiger partial charge in [-0.2, -0.15) is 0 Å². The van der Waals surface area contributed by atoms with Crippen molar-refractivity contribution in [3.63, 3.8) is 0 Å². The zero-order valence-electron chi connectivity index (χ0n) is 11.9. The first-order chi connectivity index (χ1) is 8.76. The van der Waals surface area contributed by atoms with E-state index in [1.807, 2.05) is 0 Å². The van der Waals surface area contributed by atoms with E-state index in [0.717, 1.165) is 12.4 Å². The Morgan fingerprint density at radius 2 is 2.00 bits per heavy atom. The van der Waals surface area contributed by atoms with Crippen molar-refractivity contribution in [2.24, 2.45) is 5.41 Å². The first-order valence-corrected chi connectivity index (χ1v) is 6.30. The Bertz CT molecular complexity index is 429. The highest BCUT2D eigenvalue weighted by Gasteiger charge is 2.11.